The van der Waals surface area contributed by atoms with Crippen molar-refractivity contribution in [2.24, 2.45) is 7.05 Å². The van der Waals surface area contributed by atoms with Crippen molar-refractivity contribution in [3.63, 3.8) is 0 Å². The van der Waals surface area contributed by atoms with Gasteiger partial charge in [0.2, 0.25) is 5.92 Å². The predicted octanol–water partition coefficient (Wildman–Crippen LogP) is 2.66. The van der Waals surface area contributed by atoms with Crippen molar-refractivity contribution >= 4 is 17.0 Å². The number of aromatic nitrogens is 6. The Labute approximate surface area is 205 Å². The van der Waals surface area contributed by atoms with E-state index in [0.29, 0.717) is 31.6 Å². The summed E-state index contributed by atoms with van der Waals surface area (Å²) in [6.07, 6.45) is 5.37. The fraction of sp³-hybridized carbons (Fsp3) is 0.625. The number of alkyl halides is 2. The Bertz CT molecular complexity index is 1430. The summed E-state index contributed by atoms with van der Waals surface area (Å²) < 4.78 is 38.6. The van der Waals surface area contributed by atoms with Gasteiger partial charge in [0.25, 0.3) is 11.1 Å². The Morgan fingerprint density at radius 1 is 1.06 bits per heavy atom. The number of fused-ring (bicyclic) bond motifs is 1. The van der Waals surface area contributed by atoms with Gasteiger partial charge in [0.15, 0.2) is 17.0 Å². The summed E-state index contributed by atoms with van der Waals surface area (Å²) in [5.74, 6) is -2.19. The minimum atomic E-state index is -2.74. The second-order valence-corrected chi connectivity index (χ2v) is 10.2. The molecular weight excluding hydrogens is 472 g/mol. The Hall–Kier alpha value is -3.15. The third-order valence-corrected chi connectivity index (χ3v) is 7.66. The third-order valence-electron chi connectivity index (χ3n) is 7.66. The van der Waals surface area contributed by atoms with Crippen LogP contribution in [0.15, 0.2) is 22.0 Å². The number of anilines is 1. The van der Waals surface area contributed by atoms with Gasteiger partial charge in [-0.3, -0.25) is 23.4 Å². The van der Waals surface area contributed by atoms with Gasteiger partial charge < -0.3 is 9.64 Å². The molecule has 4 heterocycles. The second-order valence-electron chi connectivity index (χ2n) is 10.2. The van der Waals surface area contributed by atoms with Crippen LogP contribution in [0.3, 0.4) is 0 Å². The smallest absolute Gasteiger partial charge is 0.295 e. The molecule has 0 radical (unpaired) electrons. The standard InChI is InChI=1S/C24H29F2N7O3/c1-14-28-20-19(22(34)30(14)2)29-21(23(35)33(20)17-5-7-24(25,26)8-6-17)31-9-10-36-18(13-31)15-11-27-32(12-15)16-3-4-16/h11-12,16-18H,3-10,13H2,1-2H3/t18-/m1/s1. The Balaban J connectivity index is 1.42. The van der Waals surface area contributed by atoms with Crippen LogP contribution in [0.1, 0.15) is 68.1 Å². The summed E-state index contributed by atoms with van der Waals surface area (Å²) in [7, 11) is 1.60. The molecule has 0 unspecified atom stereocenters. The van der Waals surface area contributed by atoms with Crippen LogP contribution in [0, 0.1) is 6.92 Å². The minimum Gasteiger partial charge on any atom is -0.370 e. The van der Waals surface area contributed by atoms with Crippen molar-refractivity contribution in [2.45, 2.75) is 69.6 Å². The molecule has 0 spiro atoms. The van der Waals surface area contributed by atoms with Crippen molar-refractivity contribution in [1.29, 1.82) is 0 Å². The topological polar surface area (TPSA) is 100 Å². The van der Waals surface area contributed by atoms with Crippen LogP contribution in [0.25, 0.3) is 11.2 Å². The van der Waals surface area contributed by atoms with E-state index in [9.17, 15) is 18.4 Å². The number of aryl methyl sites for hydroxylation is 1. The van der Waals surface area contributed by atoms with Crippen LogP contribution in [0.4, 0.5) is 14.6 Å². The predicted molar refractivity (Wildman–Crippen MR) is 128 cm³/mol. The van der Waals surface area contributed by atoms with Crippen molar-refractivity contribution in [3.05, 3.63) is 44.5 Å². The molecule has 1 saturated heterocycles. The van der Waals surface area contributed by atoms with Crippen LogP contribution < -0.4 is 16.0 Å². The molecule has 3 aromatic heterocycles. The van der Waals surface area contributed by atoms with Gasteiger partial charge in [-0.1, -0.05) is 0 Å². The van der Waals surface area contributed by atoms with Crippen LogP contribution in [0.2, 0.25) is 0 Å². The van der Waals surface area contributed by atoms with E-state index in [1.807, 2.05) is 15.8 Å². The molecule has 12 heteroatoms. The average Bonchev–Trinajstić information content (AvgIpc) is 3.59. The highest BCUT2D eigenvalue weighted by atomic mass is 19.3. The molecule has 0 aromatic carbocycles. The SMILES string of the molecule is Cc1nc2c(nc(N3CCO[C@@H](c4cnn(C5CC5)c4)C3)c(=O)n2C2CCC(F)(F)CC2)c(=O)n1C. The molecule has 1 atom stereocenters. The number of rotatable bonds is 4. The monoisotopic (exact) mass is 501 g/mol. The van der Waals surface area contributed by atoms with E-state index in [2.05, 4.69) is 15.1 Å². The number of morpholine rings is 1. The van der Waals surface area contributed by atoms with Crippen molar-refractivity contribution in [2.75, 3.05) is 24.6 Å². The molecule has 3 fully saturated rings. The lowest BCUT2D eigenvalue weighted by Gasteiger charge is -2.34. The highest BCUT2D eigenvalue weighted by Crippen LogP contribution is 2.39. The van der Waals surface area contributed by atoms with Gasteiger partial charge in [-0.05, 0) is 32.6 Å². The fourth-order valence-corrected chi connectivity index (χ4v) is 5.24. The number of nitrogens with zero attached hydrogens (tertiary/aromatic N) is 7. The van der Waals surface area contributed by atoms with Gasteiger partial charge in [-0.15, -0.1) is 0 Å². The molecule has 6 rings (SSSR count). The molecule has 3 aromatic rings. The largest absolute Gasteiger partial charge is 0.370 e. The zero-order valence-corrected chi connectivity index (χ0v) is 20.4. The number of halogens is 2. The van der Waals surface area contributed by atoms with Crippen molar-refractivity contribution in [1.82, 2.24) is 28.9 Å². The third kappa shape index (κ3) is 4.00. The second kappa shape index (κ2) is 8.46. The summed E-state index contributed by atoms with van der Waals surface area (Å²) in [6.45, 7) is 2.83. The van der Waals surface area contributed by atoms with Crippen LogP contribution in [-0.2, 0) is 11.8 Å². The summed E-state index contributed by atoms with van der Waals surface area (Å²) in [5, 5.41) is 4.45. The summed E-state index contributed by atoms with van der Waals surface area (Å²) in [5.41, 5.74) is 0.376. The molecule has 10 nitrogen and oxygen atoms in total. The normalized spacial score (nSPS) is 22.9. The fourth-order valence-electron chi connectivity index (χ4n) is 5.24. The lowest BCUT2D eigenvalue weighted by Crippen LogP contribution is -2.44. The van der Waals surface area contributed by atoms with Gasteiger partial charge >= 0.3 is 0 Å². The van der Waals surface area contributed by atoms with Crippen LogP contribution >= 0.6 is 0 Å². The molecule has 192 valence electrons. The van der Waals surface area contributed by atoms with E-state index in [-0.39, 0.29) is 54.3 Å². The van der Waals surface area contributed by atoms with E-state index in [1.165, 1.54) is 9.13 Å². The summed E-state index contributed by atoms with van der Waals surface area (Å²) >= 11 is 0. The maximum absolute atomic E-state index is 13.9. The minimum absolute atomic E-state index is 0.0691. The van der Waals surface area contributed by atoms with E-state index in [0.717, 1.165) is 18.4 Å². The zero-order chi connectivity index (χ0) is 25.2. The molecule has 2 aliphatic carbocycles. The molecule has 0 N–H and O–H groups in total. The highest BCUT2D eigenvalue weighted by molar-refractivity contribution is 5.71. The molecule has 3 aliphatic rings. The average molecular weight is 502 g/mol. The van der Waals surface area contributed by atoms with Gasteiger partial charge in [-0.2, -0.15) is 5.10 Å². The number of hydrogen-bond donors (Lipinski definition) is 0. The Morgan fingerprint density at radius 3 is 2.53 bits per heavy atom. The van der Waals surface area contributed by atoms with Crippen molar-refractivity contribution < 1.29 is 13.5 Å². The van der Waals surface area contributed by atoms with Crippen molar-refractivity contribution in [3.8, 4) is 0 Å². The maximum atomic E-state index is 13.9. The molecule has 2 saturated carbocycles. The lowest BCUT2D eigenvalue weighted by molar-refractivity contribution is -0.0439. The van der Waals surface area contributed by atoms with E-state index in [1.54, 1.807) is 20.2 Å². The Kier molecular flexibility index (Phi) is 5.47. The summed E-state index contributed by atoms with van der Waals surface area (Å²) in [4.78, 5) is 37.9. The van der Waals surface area contributed by atoms with Gasteiger partial charge in [0.05, 0.1) is 25.4 Å². The first-order valence-corrected chi connectivity index (χ1v) is 12.5. The molecule has 0 bridgehead atoms. The highest BCUT2D eigenvalue weighted by Gasteiger charge is 2.38. The van der Waals surface area contributed by atoms with E-state index in [4.69, 9.17) is 4.74 Å². The molecule has 36 heavy (non-hydrogen) atoms. The lowest BCUT2D eigenvalue weighted by atomic mass is 9.92. The number of hydrogen-bond acceptors (Lipinski definition) is 7. The van der Waals surface area contributed by atoms with Gasteiger partial charge in [-0.25, -0.2) is 18.7 Å². The Morgan fingerprint density at radius 2 is 1.81 bits per heavy atom. The van der Waals surface area contributed by atoms with E-state index < -0.39 is 17.5 Å². The zero-order valence-electron chi connectivity index (χ0n) is 20.4. The summed E-state index contributed by atoms with van der Waals surface area (Å²) in [6, 6.07) is -0.0307. The van der Waals surface area contributed by atoms with Crippen LogP contribution in [0.5, 0.6) is 0 Å². The van der Waals surface area contributed by atoms with Gasteiger partial charge in [0, 0.05) is 44.2 Å². The maximum Gasteiger partial charge on any atom is 0.295 e. The van der Waals surface area contributed by atoms with E-state index >= 15 is 0 Å². The first kappa shape index (κ1) is 23.3. The first-order valence-electron chi connectivity index (χ1n) is 12.5. The van der Waals surface area contributed by atoms with Gasteiger partial charge in [0.1, 0.15) is 11.9 Å². The molecule has 1 aliphatic heterocycles. The number of ether oxygens (including phenoxy) is 1. The quantitative estimate of drug-likeness (QED) is 0.542. The molecule has 0 amide bonds. The molecular formula is C24H29F2N7O3. The van der Waals surface area contributed by atoms with Crippen LogP contribution in [-0.4, -0.2) is 54.5 Å². The first-order chi connectivity index (χ1) is 17.2.